The maximum Gasteiger partial charge on any atom is 0.401 e. The molecule has 0 bridgehead atoms. The zero-order chi connectivity index (χ0) is 20.2. The van der Waals surface area contributed by atoms with E-state index in [0.29, 0.717) is 49.1 Å². The fraction of sp³-hybridized carbons (Fsp3) is 0.722. The third-order valence-corrected chi connectivity index (χ3v) is 4.53. The molecule has 1 aliphatic rings. The molecule has 1 fully saturated rings. The predicted molar refractivity (Wildman–Crippen MR) is 97.8 cm³/mol. The van der Waals surface area contributed by atoms with E-state index in [1.807, 2.05) is 13.8 Å². The van der Waals surface area contributed by atoms with Crippen molar-refractivity contribution in [1.29, 1.82) is 0 Å². The Hall–Kier alpha value is -1.74. The number of guanidine groups is 1. The molecule has 2 rings (SSSR count). The van der Waals surface area contributed by atoms with Gasteiger partial charge in [-0.1, -0.05) is 0 Å². The molecule has 1 aromatic rings. The van der Waals surface area contributed by atoms with Crippen LogP contribution in [0, 0.1) is 13.8 Å². The molecule has 1 saturated heterocycles. The molecule has 6 nitrogen and oxygen atoms in total. The predicted octanol–water partition coefficient (Wildman–Crippen LogP) is 2.30. The Kier molecular flexibility index (Phi) is 6.80. The quantitative estimate of drug-likeness (QED) is 0.514. The van der Waals surface area contributed by atoms with Crippen molar-refractivity contribution in [3.63, 3.8) is 0 Å². The second-order valence-corrected chi connectivity index (χ2v) is 7.28. The molecule has 9 heteroatoms. The van der Waals surface area contributed by atoms with E-state index in [9.17, 15) is 18.3 Å². The van der Waals surface area contributed by atoms with Gasteiger partial charge in [-0.25, -0.2) is 4.99 Å². The van der Waals surface area contributed by atoms with Gasteiger partial charge >= 0.3 is 6.18 Å². The normalized spacial score (nSPS) is 21.3. The summed E-state index contributed by atoms with van der Waals surface area (Å²) in [6, 6.07) is 1.67. The van der Waals surface area contributed by atoms with Crippen molar-refractivity contribution < 1.29 is 22.7 Å². The first-order valence-electron chi connectivity index (χ1n) is 9.14. The zero-order valence-electron chi connectivity index (χ0n) is 16.3. The van der Waals surface area contributed by atoms with Gasteiger partial charge in [-0.2, -0.15) is 13.2 Å². The molecule has 27 heavy (non-hydrogen) atoms. The first kappa shape index (κ1) is 21.6. The highest BCUT2D eigenvalue weighted by atomic mass is 19.4. The molecule has 3 N–H and O–H groups in total. The van der Waals surface area contributed by atoms with Crippen LogP contribution in [0.25, 0.3) is 0 Å². The molecule has 1 aromatic heterocycles. The fourth-order valence-electron chi connectivity index (χ4n) is 3.34. The molecule has 154 valence electrons. The van der Waals surface area contributed by atoms with Crippen molar-refractivity contribution in [2.45, 2.75) is 51.9 Å². The highest BCUT2D eigenvalue weighted by Gasteiger charge is 2.34. The van der Waals surface area contributed by atoms with E-state index in [4.69, 9.17) is 4.42 Å². The van der Waals surface area contributed by atoms with Gasteiger partial charge in [0, 0.05) is 31.2 Å². The second kappa shape index (κ2) is 8.52. The Labute approximate surface area is 157 Å². The molecule has 0 saturated carbocycles. The number of halogens is 3. The minimum Gasteiger partial charge on any atom is -0.466 e. The van der Waals surface area contributed by atoms with Crippen LogP contribution in [-0.2, 0) is 5.60 Å². The first-order chi connectivity index (χ1) is 12.5. The van der Waals surface area contributed by atoms with Crippen LogP contribution < -0.4 is 10.6 Å². The van der Waals surface area contributed by atoms with Gasteiger partial charge in [-0.05, 0) is 40.2 Å². The van der Waals surface area contributed by atoms with Gasteiger partial charge in [0.05, 0.1) is 13.1 Å². The average Bonchev–Trinajstić information content (AvgIpc) is 3.09. The molecule has 2 heterocycles. The van der Waals surface area contributed by atoms with Gasteiger partial charge in [0.1, 0.15) is 17.1 Å². The summed E-state index contributed by atoms with van der Waals surface area (Å²) in [6.45, 7) is 7.68. The van der Waals surface area contributed by atoms with E-state index in [2.05, 4.69) is 15.6 Å². The number of nitrogens with one attached hydrogen (secondary N) is 2. The number of furan rings is 1. The summed E-state index contributed by atoms with van der Waals surface area (Å²) in [7, 11) is 0. The number of aliphatic imine (C=N–C) groups is 1. The van der Waals surface area contributed by atoms with Gasteiger partial charge in [-0.3, -0.25) is 4.90 Å². The lowest BCUT2D eigenvalue weighted by molar-refractivity contribution is -0.143. The number of hydrogen-bond donors (Lipinski definition) is 3. The van der Waals surface area contributed by atoms with E-state index >= 15 is 0 Å². The van der Waals surface area contributed by atoms with Crippen molar-refractivity contribution in [3.8, 4) is 0 Å². The smallest absolute Gasteiger partial charge is 0.401 e. The van der Waals surface area contributed by atoms with Gasteiger partial charge < -0.3 is 20.2 Å². The lowest BCUT2D eigenvalue weighted by Gasteiger charge is -2.23. The van der Waals surface area contributed by atoms with Crippen LogP contribution in [0.15, 0.2) is 15.5 Å². The highest BCUT2D eigenvalue weighted by Crippen LogP contribution is 2.27. The molecule has 0 aliphatic carbocycles. The number of hydrogen-bond acceptors (Lipinski definition) is 4. The number of alkyl halides is 3. The Bertz CT molecular complexity index is 656. The summed E-state index contributed by atoms with van der Waals surface area (Å²) in [5, 5.41) is 17.0. The van der Waals surface area contributed by atoms with Crippen LogP contribution in [0.4, 0.5) is 13.2 Å². The van der Waals surface area contributed by atoms with Gasteiger partial charge in [0.25, 0.3) is 0 Å². The van der Waals surface area contributed by atoms with Crippen molar-refractivity contribution in [2.75, 3.05) is 32.7 Å². The van der Waals surface area contributed by atoms with E-state index in [1.165, 1.54) is 4.90 Å². The third-order valence-electron chi connectivity index (χ3n) is 4.53. The standard InChI is InChI=1S/C18H29F3N4O2/c1-5-22-16(24-14-6-7-25(9-14)11-18(19,20)21)23-10-17(4,26)15-8-12(2)27-13(15)3/h8,14,26H,5-7,9-11H2,1-4H3,(H2,22,23,24). The van der Waals surface area contributed by atoms with Gasteiger partial charge in [0.15, 0.2) is 5.96 Å². The van der Waals surface area contributed by atoms with Crippen LogP contribution in [0.3, 0.4) is 0 Å². The Morgan fingerprint density at radius 2 is 2.11 bits per heavy atom. The summed E-state index contributed by atoms with van der Waals surface area (Å²) in [4.78, 5) is 5.82. The van der Waals surface area contributed by atoms with Crippen LogP contribution in [0.2, 0.25) is 0 Å². The lowest BCUT2D eigenvalue weighted by Crippen LogP contribution is -2.45. The summed E-state index contributed by atoms with van der Waals surface area (Å²) in [5.41, 5.74) is -0.529. The third kappa shape index (κ3) is 6.42. The van der Waals surface area contributed by atoms with Crippen molar-refractivity contribution in [3.05, 3.63) is 23.2 Å². The number of likely N-dealkylation sites (tertiary alicyclic amines) is 1. The zero-order valence-corrected chi connectivity index (χ0v) is 16.3. The Morgan fingerprint density at radius 3 is 2.67 bits per heavy atom. The van der Waals surface area contributed by atoms with E-state index in [1.54, 1.807) is 19.9 Å². The molecule has 2 atom stereocenters. The van der Waals surface area contributed by atoms with Crippen LogP contribution in [0.5, 0.6) is 0 Å². The maximum absolute atomic E-state index is 12.5. The largest absolute Gasteiger partial charge is 0.466 e. The van der Waals surface area contributed by atoms with E-state index in [0.717, 1.165) is 0 Å². The molecule has 0 spiro atoms. The minimum atomic E-state index is -4.19. The van der Waals surface area contributed by atoms with Crippen LogP contribution >= 0.6 is 0 Å². The number of aliphatic hydroxyl groups is 1. The molecule has 2 unspecified atom stereocenters. The van der Waals surface area contributed by atoms with Gasteiger partial charge in [0.2, 0.25) is 0 Å². The average molecular weight is 390 g/mol. The SMILES string of the molecule is CCNC(=NCC(C)(O)c1cc(C)oc1C)NC1CCN(CC(F)(F)F)C1. The molecular formula is C18H29F3N4O2. The summed E-state index contributed by atoms with van der Waals surface area (Å²) in [5.74, 6) is 1.84. The van der Waals surface area contributed by atoms with Crippen molar-refractivity contribution in [2.24, 2.45) is 4.99 Å². The monoisotopic (exact) mass is 390 g/mol. The Morgan fingerprint density at radius 1 is 1.41 bits per heavy atom. The highest BCUT2D eigenvalue weighted by molar-refractivity contribution is 5.80. The number of rotatable bonds is 6. The summed E-state index contributed by atoms with van der Waals surface area (Å²) in [6.07, 6.45) is -3.58. The topological polar surface area (TPSA) is 73.0 Å². The van der Waals surface area contributed by atoms with E-state index in [-0.39, 0.29) is 12.6 Å². The van der Waals surface area contributed by atoms with Crippen molar-refractivity contribution in [1.82, 2.24) is 15.5 Å². The van der Waals surface area contributed by atoms with Gasteiger partial charge in [-0.15, -0.1) is 0 Å². The molecular weight excluding hydrogens is 361 g/mol. The minimum absolute atomic E-state index is 0.0983. The van der Waals surface area contributed by atoms with Crippen LogP contribution in [-0.4, -0.2) is 60.9 Å². The number of aryl methyl sites for hydroxylation is 2. The summed E-state index contributed by atoms with van der Waals surface area (Å²) < 4.78 is 43.1. The summed E-state index contributed by atoms with van der Waals surface area (Å²) >= 11 is 0. The lowest BCUT2D eigenvalue weighted by atomic mass is 9.96. The molecule has 0 amide bonds. The molecule has 1 aliphatic heterocycles. The van der Waals surface area contributed by atoms with Crippen LogP contribution in [0.1, 0.15) is 37.4 Å². The molecule has 0 aromatic carbocycles. The first-order valence-corrected chi connectivity index (χ1v) is 9.14. The Balaban J connectivity index is 1.99. The number of nitrogens with zero attached hydrogens (tertiary/aromatic N) is 2. The maximum atomic E-state index is 12.5. The van der Waals surface area contributed by atoms with Crippen molar-refractivity contribution >= 4 is 5.96 Å². The van der Waals surface area contributed by atoms with E-state index < -0.39 is 18.3 Å². The fourth-order valence-corrected chi connectivity index (χ4v) is 3.34. The molecule has 0 radical (unpaired) electrons. The second-order valence-electron chi connectivity index (χ2n) is 7.28.